The van der Waals surface area contributed by atoms with Crippen molar-refractivity contribution in [2.45, 2.75) is 0 Å². The molecule has 0 saturated heterocycles. The zero-order valence-electron chi connectivity index (χ0n) is 11.1. The molecule has 0 aliphatic carbocycles. The lowest BCUT2D eigenvalue weighted by molar-refractivity contribution is 0.0993. The summed E-state index contributed by atoms with van der Waals surface area (Å²) >= 11 is 17.0. The second-order valence-corrected chi connectivity index (χ2v) is 5.65. The van der Waals surface area contributed by atoms with Gasteiger partial charge in [-0.1, -0.05) is 47.6 Å². The first-order valence-electron chi connectivity index (χ1n) is 6.03. The van der Waals surface area contributed by atoms with E-state index in [2.05, 4.69) is 0 Å². The van der Waals surface area contributed by atoms with E-state index in [0.717, 1.165) is 0 Å². The maximum atomic E-state index is 12.6. The zero-order valence-corrected chi connectivity index (χ0v) is 13.5. The molecule has 0 aromatic heterocycles. The molecular formula is C15H12Cl2N2OS. The number of para-hydroxylation sites is 1. The highest BCUT2D eigenvalue weighted by atomic mass is 35.5. The standard InChI is InChI=1S/C15H12Cl2N2OS/c1-19(13-5-3-2-4-10(13)14(18)21)15(20)11-8-9(16)6-7-12(11)17/h2-8H,1H3,(H2,18,21). The maximum absolute atomic E-state index is 12.6. The van der Waals surface area contributed by atoms with Gasteiger partial charge in [-0.3, -0.25) is 4.79 Å². The smallest absolute Gasteiger partial charge is 0.259 e. The van der Waals surface area contributed by atoms with E-state index in [9.17, 15) is 4.79 Å². The number of anilines is 1. The van der Waals surface area contributed by atoms with E-state index < -0.39 is 0 Å². The molecular weight excluding hydrogens is 327 g/mol. The van der Waals surface area contributed by atoms with Crippen LogP contribution in [0.2, 0.25) is 10.0 Å². The van der Waals surface area contributed by atoms with Crippen LogP contribution in [0.1, 0.15) is 15.9 Å². The number of halogens is 2. The van der Waals surface area contributed by atoms with Gasteiger partial charge in [0.05, 0.1) is 16.3 Å². The molecule has 0 bridgehead atoms. The SMILES string of the molecule is CN(C(=O)c1cc(Cl)ccc1Cl)c1ccccc1C(N)=S. The van der Waals surface area contributed by atoms with E-state index in [1.165, 1.54) is 11.0 Å². The monoisotopic (exact) mass is 338 g/mol. The van der Waals surface area contributed by atoms with Crippen LogP contribution in [0, 0.1) is 0 Å². The third-order valence-electron chi connectivity index (χ3n) is 2.99. The number of benzene rings is 2. The fourth-order valence-corrected chi connectivity index (χ4v) is 2.47. The highest BCUT2D eigenvalue weighted by Gasteiger charge is 2.19. The van der Waals surface area contributed by atoms with Gasteiger partial charge >= 0.3 is 0 Å². The molecule has 0 heterocycles. The van der Waals surface area contributed by atoms with Crippen LogP contribution in [-0.2, 0) is 0 Å². The summed E-state index contributed by atoms with van der Waals surface area (Å²) in [5, 5.41) is 0.780. The Hall–Kier alpha value is -1.62. The van der Waals surface area contributed by atoms with Crippen molar-refractivity contribution in [1.82, 2.24) is 0 Å². The van der Waals surface area contributed by atoms with Gasteiger partial charge in [0, 0.05) is 17.6 Å². The van der Waals surface area contributed by atoms with Gasteiger partial charge in [-0.2, -0.15) is 0 Å². The van der Waals surface area contributed by atoms with Gasteiger partial charge < -0.3 is 10.6 Å². The fourth-order valence-electron chi connectivity index (χ4n) is 1.93. The Morgan fingerprint density at radius 2 is 1.81 bits per heavy atom. The first-order valence-corrected chi connectivity index (χ1v) is 7.20. The minimum atomic E-state index is -0.286. The second-order valence-electron chi connectivity index (χ2n) is 4.37. The predicted octanol–water partition coefficient (Wildman–Crippen LogP) is 3.90. The van der Waals surface area contributed by atoms with Gasteiger partial charge in [-0.15, -0.1) is 0 Å². The Balaban J connectivity index is 2.45. The number of nitrogens with zero attached hydrogens (tertiary/aromatic N) is 1. The minimum Gasteiger partial charge on any atom is -0.389 e. The Morgan fingerprint density at radius 1 is 1.14 bits per heavy atom. The molecule has 0 unspecified atom stereocenters. The Kier molecular flexibility index (Phi) is 4.83. The van der Waals surface area contributed by atoms with E-state index in [1.807, 2.05) is 6.07 Å². The number of amides is 1. The van der Waals surface area contributed by atoms with Crippen LogP contribution in [0.3, 0.4) is 0 Å². The van der Waals surface area contributed by atoms with E-state index >= 15 is 0 Å². The molecule has 0 saturated carbocycles. The summed E-state index contributed by atoms with van der Waals surface area (Å²) in [6, 6.07) is 11.9. The molecule has 0 radical (unpaired) electrons. The van der Waals surface area contributed by atoms with Gasteiger partial charge in [0.2, 0.25) is 0 Å². The maximum Gasteiger partial charge on any atom is 0.259 e. The van der Waals surface area contributed by atoms with Crippen molar-refractivity contribution in [1.29, 1.82) is 0 Å². The lowest BCUT2D eigenvalue weighted by Gasteiger charge is -2.21. The average molecular weight is 339 g/mol. The van der Waals surface area contributed by atoms with Crippen LogP contribution in [-0.4, -0.2) is 17.9 Å². The molecule has 2 aromatic rings. The van der Waals surface area contributed by atoms with Gasteiger partial charge in [0.15, 0.2) is 0 Å². The van der Waals surface area contributed by atoms with Crippen LogP contribution >= 0.6 is 35.4 Å². The summed E-state index contributed by atoms with van der Waals surface area (Å²) in [7, 11) is 1.64. The Bertz CT molecular complexity index is 719. The number of nitrogens with two attached hydrogens (primary N) is 1. The summed E-state index contributed by atoms with van der Waals surface area (Å²) in [6.45, 7) is 0. The summed E-state index contributed by atoms with van der Waals surface area (Å²) < 4.78 is 0. The second kappa shape index (κ2) is 6.43. The normalized spacial score (nSPS) is 10.2. The molecule has 0 fully saturated rings. The van der Waals surface area contributed by atoms with Crippen molar-refractivity contribution in [2.24, 2.45) is 5.73 Å². The molecule has 2 N–H and O–H groups in total. The van der Waals surface area contributed by atoms with Crippen LogP contribution < -0.4 is 10.6 Å². The molecule has 108 valence electrons. The summed E-state index contributed by atoms with van der Waals surface area (Å²) in [4.78, 5) is 14.3. The van der Waals surface area contributed by atoms with Crippen molar-refractivity contribution in [3.05, 3.63) is 63.6 Å². The molecule has 21 heavy (non-hydrogen) atoms. The number of rotatable bonds is 3. The van der Waals surface area contributed by atoms with E-state index in [1.54, 1.807) is 37.4 Å². The van der Waals surface area contributed by atoms with E-state index in [0.29, 0.717) is 26.9 Å². The molecule has 0 aliphatic rings. The van der Waals surface area contributed by atoms with Gasteiger partial charge in [0.1, 0.15) is 4.99 Å². The zero-order chi connectivity index (χ0) is 15.6. The van der Waals surface area contributed by atoms with Crippen LogP contribution in [0.4, 0.5) is 5.69 Å². The number of hydrogen-bond acceptors (Lipinski definition) is 2. The average Bonchev–Trinajstić information content (AvgIpc) is 2.48. The van der Waals surface area contributed by atoms with Crippen molar-refractivity contribution < 1.29 is 4.79 Å². The molecule has 0 spiro atoms. The summed E-state index contributed by atoms with van der Waals surface area (Å²) in [6.07, 6.45) is 0. The van der Waals surface area contributed by atoms with Crippen LogP contribution in [0.5, 0.6) is 0 Å². The quantitative estimate of drug-likeness (QED) is 0.863. The lowest BCUT2D eigenvalue weighted by Crippen LogP contribution is -2.29. The van der Waals surface area contributed by atoms with Gasteiger partial charge in [-0.05, 0) is 30.3 Å². The molecule has 0 atom stereocenters. The molecule has 6 heteroatoms. The molecule has 2 aromatic carbocycles. The van der Waals surface area contributed by atoms with E-state index in [-0.39, 0.29) is 10.9 Å². The third kappa shape index (κ3) is 3.35. The first kappa shape index (κ1) is 15.8. The molecule has 0 aliphatic heterocycles. The first-order chi connectivity index (χ1) is 9.91. The highest BCUT2D eigenvalue weighted by molar-refractivity contribution is 7.80. The van der Waals surface area contributed by atoms with Crippen molar-refractivity contribution >= 4 is 52.0 Å². The number of carbonyl (C=O) groups excluding carboxylic acids is 1. The summed E-state index contributed by atoms with van der Waals surface area (Å²) in [5.74, 6) is -0.286. The Morgan fingerprint density at radius 3 is 2.48 bits per heavy atom. The van der Waals surface area contributed by atoms with Crippen molar-refractivity contribution in [2.75, 3.05) is 11.9 Å². The topological polar surface area (TPSA) is 46.3 Å². The predicted molar refractivity (Wildman–Crippen MR) is 91.5 cm³/mol. The molecule has 1 amide bonds. The molecule has 2 rings (SSSR count). The number of thiocarbonyl (C=S) groups is 1. The van der Waals surface area contributed by atoms with Crippen LogP contribution in [0.25, 0.3) is 0 Å². The Labute approximate surface area is 138 Å². The van der Waals surface area contributed by atoms with Gasteiger partial charge in [-0.25, -0.2) is 0 Å². The minimum absolute atomic E-state index is 0.224. The number of hydrogen-bond donors (Lipinski definition) is 1. The lowest BCUT2D eigenvalue weighted by atomic mass is 10.1. The van der Waals surface area contributed by atoms with Crippen molar-refractivity contribution in [3.8, 4) is 0 Å². The fraction of sp³-hybridized carbons (Fsp3) is 0.0667. The third-order valence-corrected chi connectivity index (χ3v) is 3.78. The largest absolute Gasteiger partial charge is 0.389 e. The van der Waals surface area contributed by atoms with Gasteiger partial charge in [0.25, 0.3) is 5.91 Å². The highest BCUT2D eigenvalue weighted by Crippen LogP contribution is 2.25. The summed E-state index contributed by atoms with van der Waals surface area (Å²) in [5.41, 5.74) is 7.26. The van der Waals surface area contributed by atoms with Crippen LogP contribution in [0.15, 0.2) is 42.5 Å². The number of carbonyl (C=O) groups is 1. The molecule has 3 nitrogen and oxygen atoms in total. The van der Waals surface area contributed by atoms with Crippen molar-refractivity contribution in [3.63, 3.8) is 0 Å². The van der Waals surface area contributed by atoms with E-state index in [4.69, 9.17) is 41.2 Å².